The number of ether oxygens (including phenoxy) is 1. The van der Waals surface area contributed by atoms with Crippen molar-refractivity contribution in [2.45, 2.75) is 5.37 Å². The lowest BCUT2D eigenvalue weighted by Crippen LogP contribution is -2.27. The number of aromatic nitrogens is 2. The van der Waals surface area contributed by atoms with Crippen LogP contribution in [0, 0.1) is 0 Å². The average Bonchev–Trinajstić information content (AvgIpc) is 3.29. The lowest BCUT2D eigenvalue weighted by molar-refractivity contribution is -0.115. The van der Waals surface area contributed by atoms with Gasteiger partial charge in [-0.25, -0.2) is 0 Å². The van der Waals surface area contributed by atoms with Gasteiger partial charge in [-0.15, -0.1) is 22.0 Å². The van der Waals surface area contributed by atoms with E-state index in [0.717, 1.165) is 21.9 Å². The summed E-state index contributed by atoms with van der Waals surface area (Å²) in [6.07, 6.45) is 0. The molecular weight excluding hydrogens is 354 g/mol. The Morgan fingerprint density at radius 2 is 1.84 bits per heavy atom. The highest BCUT2D eigenvalue weighted by atomic mass is 32.2. The minimum absolute atomic E-state index is 0.0570. The normalized spacial score (nSPS) is 17.1. The molecule has 1 aliphatic heterocycles. The molecule has 0 radical (unpaired) electrons. The summed E-state index contributed by atoms with van der Waals surface area (Å²) >= 11 is 3.04. The molecule has 0 spiro atoms. The SMILES string of the molecule is COc1ccc(C2SCC(=O)N2c2nnc(-c3ccccc3)s2)cc1. The van der Waals surface area contributed by atoms with Gasteiger partial charge in [0.1, 0.15) is 16.1 Å². The second kappa shape index (κ2) is 6.85. The van der Waals surface area contributed by atoms with Crippen molar-refractivity contribution in [2.24, 2.45) is 0 Å². The van der Waals surface area contributed by atoms with Crippen LogP contribution in [0.25, 0.3) is 10.6 Å². The van der Waals surface area contributed by atoms with E-state index in [2.05, 4.69) is 10.2 Å². The molecule has 1 fully saturated rings. The van der Waals surface area contributed by atoms with Gasteiger partial charge in [-0.3, -0.25) is 9.69 Å². The first-order valence-electron chi connectivity index (χ1n) is 7.73. The highest BCUT2D eigenvalue weighted by Crippen LogP contribution is 2.43. The van der Waals surface area contributed by atoms with E-state index < -0.39 is 0 Å². The summed E-state index contributed by atoms with van der Waals surface area (Å²) in [5.74, 6) is 1.30. The number of rotatable bonds is 4. The number of nitrogens with zero attached hydrogens (tertiary/aromatic N) is 3. The first kappa shape index (κ1) is 16.1. The third-order valence-electron chi connectivity index (χ3n) is 3.91. The van der Waals surface area contributed by atoms with Gasteiger partial charge in [-0.2, -0.15) is 0 Å². The fourth-order valence-corrected chi connectivity index (χ4v) is 4.77. The molecule has 0 bridgehead atoms. The van der Waals surface area contributed by atoms with E-state index in [1.165, 1.54) is 11.3 Å². The number of anilines is 1. The molecule has 0 N–H and O–H groups in total. The van der Waals surface area contributed by atoms with Gasteiger partial charge in [0.15, 0.2) is 0 Å². The van der Waals surface area contributed by atoms with Crippen molar-refractivity contribution in [1.29, 1.82) is 0 Å². The van der Waals surface area contributed by atoms with E-state index in [4.69, 9.17) is 4.74 Å². The van der Waals surface area contributed by atoms with Crippen LogP contribution in [0.3, 0.4) is 0 Å². The molecule has 5 nitrogen and oxygen atoms in total. The molecule has 7 heteroatoms. The zero-order valence-electron chi connectivity index (χ0n) is 13.5. The van der Waals surface area contributed by atoms with Gasteiger partial charge >= 0.3 is 0 Å². The van der Waals surface area contributed by atoms with Crippen LogP contribution in [-0.2, 0) is 4.79 Å². The van der Waals surface area contributed by atoms with Crippen LogP contribution in [0.15, 0.2) is 54.6 Å². The standard InChI is InChI=1S/C18H15N3O2S2/c1-23-14-9-7-13(8-10-14)17-21(15(22)11-24-17)18-20-19-16(25-18)12-5-3-2-4-6-12/h2-10,17H,11H2,1H3. The van der Waals surface area contributed by atoms with Gasteiger partial charge in [-0.05, 0) is 17.7 Å². The maximum Gasteiger partial charge on any atom is 0.240 e. The smallest absolute Gasteiger partial charge is 0.240 e. The van der Waals surface area contributed by atoms with Crippen LogP contribution >= 0.6 is 23.1 Å². The summed E-state index contributed by atoms with van der Waals surface area (Å²) in [5, 5.41) is 9.90. The maximum absolute atomic E-state index is 12.4. The summed E-state index contributed by atoms with van der Waals surface area (Å²) in [5.41, 5.74) is 2.06. The number of amides is 1. The fourth-order valence-electron chi connectivity index (χ4n) is 2.66. The van der Waals surface area contributed by atoms with E-state index in [9.17, 15) is 4.79 Å². The number of hydrogen-bond donors (Lipinski definition) is 0. The molecule has 1 amide bonds. The second-order valence-corrected chi connectivity index (χ2v) is 7.48. The zero-order chi connectivity index (χ0) is 17.2. The molecule has 0 saturated carbocycles. The highest BCUT2D eigenvalue weighted by molar-refractivity contribution is 8.00. The van der Waals surface area contributed by atoms with E-state index in [1.54, 1.807) is 23.8 Å². The first-order chi connectivity index (χ1) is 12.3. The third kappa shape index (κ3) is 3.12. The Morgan fingerprint density at radius 3 is 2.56 bits per heavy atom. The lowest BCUT2D eigenvalue weighted by atomic mass is 10.2. The van der Waals surface area contributed by atoms with Gasteiger partial charge in [0.2, 0.25) is 11.0 Å². The Balaban J connectivity index is 1.65. The number of hydrogen-bond acceptors (Lipinski definition) is 6. The van der Waals surface area contributed by atoms with Crippen LogP contribution in [0.2, 0.25) is 0 Å². The minimum atomic E-state index is -0.0880. The lowest BCUT2D eigenvalue weighted by Gasteiger charge is -2.21. The molecule has 2 aromatic carbocycles. The molecule has 1 aliphatic rings. The molecule has 126 valence electrons. The number of benzene rings is 2. The average molecular weight is 369 g/mol. The number of carbonyl (C=O) groups is 1. The quantitative estimate of drug-likeness (QED) is 0.696. The monoisotopic (exact) mass is 369 g/mol. The molecule has 25 heavy (non-hydrogen) atoms. The molecule has 1 unspecified atom stereocenters. The van der Waals surface area contributed by atoms with Crippen molar-refractivity contribution in [3.63, 3.8) is 0 Å². The van der Waals surface area contributed by atoms with Crippen LogP contribution in [-0.4, -0.2) is 29.0 Å². The highest BCUT2D eigenvalue weighted by Gasteiger charge is 2.36. The van der Waals surface area contributed by atoms with Crippen molar-refractivity contribution < 1.29 is 9.53 Å². The molecule has 0 aliphatic carbocycles. The number of carbonyl (C=O) groups excluding carboxylic acids is 1. The van der Waals surface area contributed by atoms with E-state index >= 15 is 0 Å². The second-order valence-electron chi connectivity index (χ2n) is 5.46. The van der Waals surface area contributed by atoms with Crippen molar-refractivity contribution in [1.82, 2.24) is 10.2 Å². The Bertz CT molecular complexity index is 881. The summed E-state index contributed by atoms with van der Waals surface area (Å²) < 4.78 is 5.21. The topological polar surface area (TPSA) is 55.3 Å². The molecule has 1 aromatic heterocycles. The Labute approximate surface area is 153 Å². The predicted octanol–water partition coefficient (Wildman–Crippen LogP) is 3.99. The minimum Gasteiger partial charge on any atom is -0.497 e. The van der Waals surface area contributed by atoms with Gasteiger partial charge in [0.25, 0.3) is 0 Å². The molecule has 2 heterocycles. The Morgan fingerprint density at radius 1 is 1.08 bits per heavy atom. The van der Waals surface area contributed by atoms with Gasteiger partial charge in [-0.1, -0.05) is 53.8 Å². The van der Waals surface area contributed by atoms with Crippen molar-refractivity contribution in [3.05, 3.63) is 60.2 Å². The maximum atomic E-state index is 12.4. The van der Waals surface area contributed by atoms with E-state index in [-0.39, 0.29) is 11.3 Å². The molecule has 4 rings (SSSR count). The number of methoxy groups -OCH3 is 1. The number of thioether (sulfide) groups is 1. The summed E-state index contributed by atoms with van der Waals surface area (Å²) in [7, 11) is 1.64. The van der Waals surface area contributed by atoms with Crippen molar-refractivity contribution >= 4 is 34.1 Å². The molecule has 1 saturated heterocycles. The summed E-state index contributed by atoms with van der Waals surface area (Å²) in [6, 6.07) is 17.7. The third-order valence-corrected chi connectivity index (χ3v) is 6.09. The predicted molar refractivity (Wildman–Crippen MR) is 101 cm³/mol. The molecular formula is C18H15N3O2S2. The van der Waals surface area contributed by atoms with Crippen LogP contribution in [0.1, 0.15) is 10.9 Å². The van der Waals surface area contributed by atoms with Gasteiger partial charge in [0.05, 0.1) is 12.9 Å². The summed E-state index contributed by atoms with van der Waals surface area (Å²) in [6.45, 7) is 0. The van der Waals surface area contributed by atoms with Crippen LogP contribution < -0.4 is 9.64 Å². The molecule has 1 atom stereocenters. The Kier molecular flexibility index (Phi) is 4.42. The largest absolute Gasteiger partial charge is 0.497 e. The van der Waals surface area contributed by atoms with E-state index in [0.29, 0.717) is 10.9 Å². The first-order valence-corrected chi connectivity index (χ1v) is 9.59. The zero-order valence-corrected chi connectivity index (χ0v) is 15.1. The Hall–Kier alpha value is -2.38. The van der Waals surface area contributed by atoms with Crippen molar-refractivity contribution in [2.75, 3.05) is 17.8 Å². The van der Waals surface area contributed by atoms with Crippen LogP contribution in [0.5, 0.6) is 5.75 Å². The van der Waals surface area contributed by atoms with Gasteiger partial charge in [0, 0.05) is 5.56 Å². The summed E-state index contributed by atoms with van der Waals surface area (Å²) in [4.78, 5) is 14.2. The fraction of sp³-hybridized carbons (Fsp3) is 0.167. The van der Waals surface area contributed by atoms with Crippen LogP contribution in [0.4, 0.5) is 5.13 Å². The molecule has 3 aromatic rings. The van der Waals surface area contributed by atoms with Gasteiger partial charge < -0.3 is 4.74 Å². The van der Waals surface area contributed by atoms with Crippen molar-refractivity contribution in [3.8, 4) is 16.3 Å². The van der Waals surface area contributed by atoms with E-state index in [1.807, 2.05) is 54.6 Å².